The van der Waals surface area contributed by atoms with Gasteiger partial charge in [0.25, 0.3) is 0 Å². The predicted molar refractivity (Wildman–Crippen MR) is 155 cm³/mol. The van der Waals surface area contributed by atoms with E-state index in [2.05, 4.69) is 5.16 Å². The monoisotopic (exact) mass is 592 g/mol. The average molecular weight is 593 g/mol. The molecule has 5 rings (SSSR count). The number of ether oxygens (including phenoxy) is 2. The molecule has 7 nitrogen and oxygen atoms in total. The lowest BCUT2D eigenvalue weighted by atomic mass is 9.93. The summed E-state index contributed by atoms with van der Waals surface area (Å²) in [4.78, 5) is 26.5. The summed E-state index contributed by atoms with van der Waals surface area (Å²) < 4.78 is 55.1. The van der Waals surface area contributed by atoms with Crippen molar-refractivity contribution in [2.45, 2.75) is 44.7 Å². The molecule has 1 aliphatic rings. The van der Waals surface area contributed by atoms with Crippen molar-refractivity contribution < 1.29 is 36.8 Å². The van der Waals surface area contributed by atoms with Gasteiger partial charge in [-0.1, -0.05) is 71.9 Å². The lowest BCUT2D eigenvalue weighted by Gasteiger charge is -2.17. The van der Waals surface area contributed by atoms with Gasteiger partial charge in [-0.3, -0.25) is 9.69 Å². The van der Waals surface area contributed by atoms with Gasteiger partial charge in [0, 0.05) is 19.0 Å². The number of aryl methyl sites for hydroxylation is 1. The zero-order valence-electron chi connectivity index (χ0n) is 24.0. The van der Waals surface area contributed by atoms with Gasteiger partial charge in [-0.15, -0.1) is 0 Å². The highest BCUT2D eigenvalue weighted by atomic mass is 19.4. The van der Waals surface area contributed by atoms with Crippen LogP contribution in [-0.4, -0.2) is 37.5 Å². The SMILES string of the molecule is CCOC(=O)C1(c2ccc(-c3ccc(-c4onc(C)c4N(C)C(=O)OCCc4cccc(C(F)(F)F)c4)cc3)cc2)CC1. The van der Waals surface area contributed by atoms with Gasteiger partial charge in [0.15, 0.2) is 5.76 Å². The molecule has 10 heteroatoms. The zero-order valence-corrected chi connectivity index (χ0v) is 24.0. The van der Waals surface area contributed by atoms with Gasteiger partial charge >= 0.3 is 18.2 Å². The first kappa shape index (κ1) is 29.9. The number of hydrogen-bond donors (Lipinski definition) is 0. The second kappa shape index (κ2) is 11.9. The van der Waals surface area contributed by atoms with Gasteiger partial charge in [-0.05, 0) is 55.0 Å². The molecule has 0 spiro atoms. The summed E-state index contributed by atoms with van der Waals surface area (Å²) >= 11 is 0. The molecule has 1 amide bonds. The molecule has 0 saturated heterocycles. The summed E-state index contributed by atoms with van der Waals surface area (Å²) in [6.07, 6.45) is -3.42. The van der Waals surface area contributed by atoms with Gasteiger partial charge in [0.05, 0.1) is 24.2 Å². The van der Waals surface area contributed by atoms with Gasteiger partial charge in [0.1, 0.15) is 11.4 Å². The molecular weight excluding hydrogens is 561 g/mol. The van der Waals surface area contributed by atoms with E-state index in [9.17, 15) is 22.8 Å². The number of rotatable bonds is 9. The number of halogens is 3. The predicted octanol–water partition coefficient (Wildman–Crippen LogP) is 7.75. The lowest BCUT2D eigenvalue weighted by molar-refractivity contribution is -0.146. The molecule has 0 N–H and O–H groups in total. The lowest BCUT2D eigenvalue weighted by Crippen LogP contribution is -2.28. The van der Waals surface area contributed by atoms with Crippen molar-refractivity contribution in [2.24, 2.45) is 0 Å². The molecule has 1 fully saturated rings. The third-order valence-corrected chi connectivity index (χ3v) is 7.65. The maximum Gasteiger partial charge on any atom is 0.416 e. The Morgan fingerprint density at radius 3 is 2.19 bits per heavy atom. The molecule has 1 saturated carbocycles. The number of carbonyl (C=O) groups is 2. The number of esters is 1. The Morgan fingerprint density at radius 2 is 1.58 bits per heavy atom. The first-order chi connectivity index (χ1) is 20.5. The first-order valence-electron chi connectivity index (χ1n) is 13.9. The van der Waals surface area contributed by atoms with E-state index < -0.39 is 23.2 Å². The van der Waals surface area contributed by atoms with E-state index >= 15 is 0 Å². The van der Waals surface area contributed by atoms with Crippen molar-refractivity contribution in [1.29, 1.82) is 0 Å². The molecule has 0 radical (unpaired) electrons. The molecule has 0 bridgehead atoms. The molecule has 0 unspecified atom stereocenters. The second-order valence-electron chi connectivity index (χ2n) is 10.5. The van der Waals surface area contributed by atoms with E-state index in [-0.39, 0.29) is 19.0 Å². The number of carbonyl (C=O) groups excluding carboxylic acids is 2. The summed E-state index contributed by atoms with van der Waals surface area (Å²) in [5, 5.41) is 4.03. The minimum absolute atomic E-state index is 0.0987. The number of nitrogens with zero attached hydrogens (tertiary/aromatic N) is 2. The van der Waals surface area contributed by atoms with Crippen molar-refractivity contribution in [1.82, 2.24) is 5.16 Å². The fourth-order valence-electron chi connectivity index (χ4n) is 5.10. The van der Waals surface area contributed by atoms with Gasteiger partial charge in [0.2, 0.25) is 0 Å². The highest BCUT2D eigenvalue weighted by molar-refractivity contribution is 5.93. The van der Waals surface area contributed by atoms with Crippen LogP contribution in [0.25, 0.3) is 22.5 Å². The van der Waals surface area contributed by atoms with Crippen LogP contribution in [0.4, 0.5) is 23.7 Å². The van der Waals surface area contributed by atoms with Crippen LogP contribution in [0.2, 0.25) is 0 Å². The van der Waals surface area contributed by atoms with Crippen molar-refractivity contribution in [2.75, 3.05) is 25.2 Å². The summed E-state index contributed by atoms with van der Waals surface area (Å²) in [6.45, 7) is 3.77. The third-order valence-electron chi connectivity index (χ3n) is 7.65. The number of anilines is 1. The first-order valence-corrected chi connectivity index (χ1v) is 13.9. The Labute approximate surface area is 247 Å². The fraction of sp³-hybridized carbons (Fsp3) is 0.303. The normalized spacial score (nSPS) is 13.8. The van der Waals surface area contributed by atoms with E-state index in [0.717, 1.165) is 41.7 Å². The van der Waals surface area contributed by atoms with Crippen LogP contribution in [0.1, 0.15) is 42.1 Å². The Kier molecular flexibility index (Phi) is 8.30. The Hall–Kier alpha value is -4.60. The molecule has 1 aromatic heterocycles. The summed E-state index contributed by atoms with van der Waals surface area (Å²) in [7, 11) is 1.52. The van der Waals surface area contributed by atoms with Crippen molar-refractivity contribution >= 4 is 17.7 Å². The Bertz CT molecular complexity index is 1610. The molecule has 43 heavy (non-hydrogen) atoms. The minimum atomic E-state index is -4.44. The number of benzene rings is 3. The van der Waals surface area contributed by atoms with Crippen molar-refractivity contribution in [3.05, 3.63) is 95.2 Å². The van der Waals surface area contributed by atoms with Gasteiger partial charge < -0.3 is 14.0 Å². The van der Waals surface area contributed by atoms with E-state index in [4.69, 9.17) is 14.0 Å². The summed E-state index contributed by atoms with van der Waals surface area (Å²) in [5.74, 6) is 0.205. The fourth-order valence-corrected chi connectivity index (χ4v) is 5.10. The van der Waals surface area contributed by atoms with Gasteiger partial charge in [-0.2, -0.15) is 13.2 Å². The molecular formula is C33H31F3N2O5. The highest BCUT2D eigenvalue weighted by Gasteiger charge is 2.52. The maximum absolute atomic E-state index is 13.0. The topological polar surface area (TPSA) is 81.9 Å². The summed E-state index contributed by atoms with van der Waals surface area (Å²) in [5.41, 5.74) is 3.62. The van der Waals surface area contributed by atoms with E-state index in [1.54, 1.807) is 13.0 Å². The third kappa shape index (κ3) is 6.28. The van der Waals surface area contributed by atoms with Crippen molar-refractivity contribution in [3.8, 4) is 22.5 Å². The number of hydrogen-bond acceptors (Lipinski definition) is 6. The van der Waals surface area contributed by atoms with E-state index in [1.165, 1.54) is 18.0 Å². The second-order valence-corrected chi connectivity index (χ2v) is 10.5. The molecule has 0 aliphatic heterocycles. The van der Waals surface area contributed by atoms with Crippen LogP contribution >= 0.6 is 0 Å². The molecule has 0 atom stereocenters. The standard InChI is InChI=1S/C33H31F3N2O5/c1-4-41-30(39)32(17-18-32)26-14-12-24(13-15-26)23-8-10-25(11-9-23)29-28(21(2)37-43-29)38(3)31(40)42-19-16-22-6-5-7-27(20-22)33(34,35)36/h5-15,20H,4,16-19H2,1-3H3. The Morgan fingerprint density at radius 1 is 0.953 bits per heavy atom. The van der Waals surface area contributed by atoms with Crippen LogP contribution in [0.15, 0.2) is 77.3 Å². The largest absolute Gasteiger partial charge is 0.465 e. The van der Waals surface area contributed by atoms with Crippen LogP contribution in [0.5, 0.6) is 0 Å². The minimum Gasteiger partial charge on any atom is -0.465 e. The summed E-state index contributed by atoms with van der Waals surface area (Å²) in [6, 6.07) is 20.4. The molecule has 1 aliphatic carbocycles. The van der Waals surface area contributed by atoms with Crippen molar-refractivity contribution in [3.63, 3.8) is 0 Å². The number of aromatic nitrogens is 1. The van der Waals surface area contributed by atoms with Crippen LogP contribution in [-0.2, 0) is 32.3 Å². The quantitative estimate of drug-likeness (QED) is 0.185. The zero-order chi connectivity index (χ0) is 30.8. The number of amides is 1. The molecule has 4 aromatic rings. The van der Waals surface area contributed by atoms with Crippen LogP contribution < -0.4 is 4.90 Å². The molecule has 1 heterocycles. The molecule has 224 valence electrons. The highest BCUT2D eigenvalue weighted by Crippen LogP contribution is 2.49. The number of alkyl halides is 3. The van der Waals surface area contributed by atoms with E-state index in [0.29, 0.717) is 34.9 Å². The Balaban J connectivity index is 1.25. The smallest absolute Gasteiger partial charge is 0.416 e. The van der Waals surface area contributed by atoms with Crippen LogP contribution in [0, 0.1) is 6.92 Å². The van der Waals surface area contributed by atoms with E-state index in [1.807, 2.05) is 55.5 Å². The average Bonchev–Trinajstić information content (AvgIpc) is 3.73. The maximum atomic E-state index is 13.0. The van der Waals surface area contributed by atoms with Gasteiger partial charge in [-0.25, -0.2) is 4.79 Å². The molecule has 3 aromatic carbocycles. The van der Waals surface area contributed by atoms with Crippen LogP contribution in [0.3, 0.4) is 0 Å².